The maximum Gasteiger partial charge on any atom is 0.472 e. The zero-order valence-corrected chi connectivity index (χ0v) is 77.4. The van der Waals surface area contributed by atoms with Gasteiger partial charge in [0.2, 0.25) is 0 Å². The maximum atomic E-state index is 13.2. The van der Waals surface area contributed by atoms with Gasteiger partial charge in [0.05, 0.1) is 26.4 Å². The minimum atomic E-state index is -4.97. The van der Waals surface area contributed by atoms with E-state index in [9.17, 15) is 43.2 Å². The molecule has 3 unspecified atom stereocenters. The van der Waals surface area contributed by atoms with Crippen LogP contribution >= 0.6 is 15.6 Å². The van der Waals surface area contributed by atoms with E-state index in [0.717, 1.165) is 108 Å². The maximum absolute atomic E-state index is 13.2. The lowest BCUT2D eigenvalue weighted by molar-refractivity contribution is -0.161. The first-order valence-corrected chi connectivity index (χ1v) is 51.9. The normalized spacial score (nSPS) is 14.0. The number of hydrogen-bond acceptors (Lipinski definition) is 15. The van der Waals surface area contributed by atoms with Crippen LogP contribution < -0.4 is 0 Å². The van der Waals surface area contributed by atoms with Crippen LogP contribution in [0.2, 0.25) is 0 Å². The number of ether oxygens (including phenoxy) is 4. The molecule has 114 heavy (non-hydrogen) atoms. The summed E-state index contributed by atoms with van der Waals surface area (Å²) in [4.78, 5) is 73.6. The first-order chi connectivity index (χ1) is 55.3. The molecule has 0 amide bonds. The van der Waals surface area contributed by atoms with Crippen LogP contribution in [-0.2, 0) is 65.4 Å². The summed E-state index contributed by atoms with van der Waals surface area (Å²) in [6.07, 6.45) is 79.3. The molecule has 0 rings (SSSR count). The summed E-state index contributed by atoms with van der Waals surface area (Å²) in [5.41, 5.74) is 0. The van der Waals surface area contributed by atoms with Crippen LogP contribution in [0.1, 0.15) is 511 Å². The highest BCUT2D eigenvalue weighted by molar-refractivity contribution is 7.47. The minimum Gasteiger partial charge on any atom is -0.462 e. The molecular formula is C95H186O17P2. The van der Waals surface area contributed by atoms with Gasteiger partial charge in [0, 0.05) is 25.7 Å². The quantitative estimate of drug-likeness (QED) is 0.0222. The second-order valence-corrected chi connectivity index (χ2v) is 38.2. The van der Waals surface area contributed by atoms with Gasteiger partial charge in [-0.15, -0.1) is 0 Å². The number of esters is 4. The number of phosphoric acid groups is 2. The Morgan fingerprint density at radius 2 is 0.447 bits per heavy atom. The smallest absolute Gasteiger partial charge is 0.462 e. The Hall–Kier alpha value is -1.94. The standard InChI is InChI=1S/C95H186O17P2/c1-8-10-11-12-13-14-15-16-17-18-19-20-21-22-26-31-36-41-48-55-62-69-76-92(97)105-82-90(111-94(99)78-71-64-57-49-42-37-32-27-24-23-25-30-35-40-47-54-61-68-75-88(7)9-2)84-109-113(101,102)107-80-89(96)81-108-114(103,104)110-85-91(83-106-93(98)77-70-63-56-51-44-46-53-60-67-74-87(5)6)112-95(100)79-72-65-58-50-43-38-33-28-29-34-39-45-52-59-66-73-86(3)4/h86-91,96H,8-85H2,1-7H3,(H,101,102)(H,103,104)/t88?,89-,90-,91-/m1/s1. The monoisotopic (exact) mass is 1660 g/mol. The summed E-state index contributed by atoms with van der Waals surface area (Å²) in [5, 5.41) is 10.7. The zero-order chi connectivity index (χ0) is 83.6. The Kier molecular flexibility index (Phi) is 83.2. The molecule has 6 atom stereocenters. The van der Waals surface area contributed by atoms with E-state index in [1.165, 1.54) is 321 Å². The SMILES string of the molecule is CCCCCCCCCCCCCCCCCCCCCCCCC(=O)OC[C@H](COP(=O)(O)OC[C@@H](O)COP(=O)(O)OC[C@@H](COC(=O)CCCCCCCCCCCC(C)C)OC(=O)CCCCCCCCCCCCCCCCCC(C)C)OC(=O)CCCCCCCCCCCCCCCCCCCCC(C)CC. The highest BCUT2D eigenvalue weighted by atomic mass is 31.2. The van der Waals surface area contributed by atoms with Crippen LogP contribution in [-0.4, -0.2) is 96.7 Å². The van der Waals surface area contributed by atoms with E-state index in [2.05, 4.69) is 48.5 Å². The molecule has 0 aliphatic rings. The van der Waals surface area contributed by atoms with Crippen molar-refractivity contribution in [2.45, 2.75) is 529 Å². The second kappa shape index (κ2) is 84.7. The summed E-state index contributed by atoms with van der Waals surface area (Å²) in [6, 6.07) is 0. The van der Waals surface area contributed by atoms with E-state index in [1.807, 2.05) is 0 Å². The van der Waals surface area contributed by atoms with Gasteiger partial charge < -0.3 is 33.8 Å². The van der Waals surface area contributed by atoms with Crippen LogP contribution in [0.4, 0.5) is 0 Å². The molecule has 3 N–H and O–H groups in total. The summed E-state index contributed by atoms with van der Waals surface area (Å²) in [7, 11) is -9.94. The number of unbranched alkanes of at least 4 members (excludes halogenated alkanes) is 60. The Morgan fingerprint density at radius 3 is 0.667 bits per heavy atom. The minimum absolute atomic E-state index is 0.108. The van der Waals surface area contributed by atoms with Crippen LogP contribution in [0.5, 0.6) is 0 Å². The topological polar surface area (TPSA) is 237 Å². The predicted octanol–water partition coefficient (Wildman–Crippen LogP) is 29.6. The average molecular weight is 1660 g/mol. The number of carbonyl (C=O) groups excluding carboxylic acids is 4. The van der Waals surface area contributed by atoms with Gasteiger partial charge in [0.1, 0.15) is 19.3 Å². The summed E-state index contributed by atoms with van der Waals surface area (Å²) in [5.74, 6) is 0.322. The molecule has 678 valence electrons. The lowest BCUT2D eigenvalue weighted by Gasteiger charge is -2.21. The third-order valence-electron chi connectivity index (χ3n) is 22.7. The molecule has 0 aromatic rings. The first kappa shape index (κ1) is 112. The van der Waals surface area contributed by atoms with Crippen molar-refractivity contribution >= 4 is 39.5 Å². The van der Waals surface area contributed by atoms with Gasteiger partial charge in [0.15, 0.2) is 12.2 Å². The molecule has 0 fully saturated rings. The fraction of sp³-hybridized carbons (Fsp3) is 0.958. The lowest BCUT2D eigenvalue weighted by Crippen LogP contribution is -2.30. The molecule has 0 radical (unpaired) electrons. The van der Waals surface area contributed by atoms with Crippen LogP contribution in [0.15, 0.2) is 0 Å². The highest BCUT2D eigenvalue weighted by Crippen LogP contribution is 2.45. The van der Waals surface area contributed by atoms with Gasteiger partial charge in [-0.3, -0.25) is 37.3 Å². The van der Waals surface area contributed by atoms with E-state index in [0.29, 0.717) is 25.7 Å². The van der Waals surface area contributed by atoms with Gasteiger partial charge >= 0.3 is 39.5 Å². The largest absolute Gasteiger partial charge is 0.472 e. The fourth-order valence-corrected chi connectivity index (χ4v) is 16.5. The number of carbonyl (C=O) groups is 4. The molecule has 0 aromatic heterocycles. The van der Waals surface area contributed by atoms with Crippen molar-refractivity contribution in [3.8, 4) is 0 Å². The number of aliphatic hydroxyl groups is 1. The second-order valence-electron chi connectivity index (χ2n) is 35.3. The molecule has 17 nitrogen and oxygen atoms in total. The van der Waals surface area contributed by atoms with Crippen molar-refractivity contribution in [3.05, 3.63) is 0 Å². The van der Waals surface area contributed by atoms with E-state index < -0.39 is 97.5 Å². The van der Waals surface area contributed by atoms with Gasteiger partial charge in [-0.05, 0) is 43.4 Å². The molecule has 0 aliphatic carbocycles. The van der Waals surface area contributed by atoms with Crippen LogP contribution in [0.25, 0.3) is 0 Å². The van der Waals surface area contributed by atoms with E-state index >= 15 is 0 Å². The average Bonchev–Trinajstić information content (AvgIpc) is 0.897. The fourth-order valence-electron chi connectivity index (χ4n) is 14.9. The molecular weight excluding hydrogens is 1470 g/mol. The Bertz CT molecular complexity index is 2190. The van der Waals surface area contributed by atoms with Gasteiger partial charge in [-0.2, -0.15) is 0 Å². The Labute approximate surface area is 702 Å². The summed E-state index contributed by atoms with van der Waals surface area (Å²) < 4.78 is 69.2. The number of phosphoric ester groups is 2. The van der Waals surface area contributed by atoms with Gasteiger partial charge in [0.25, 0.3) is 0 Å². The lowest BCUT2D eigenvalue weighted by atomic mass is 9.99. The molecule has 19 heteroatoms. The Balaban J connectivity index is 5.24. The van der Waals surface area contributed by atoms with Crippen LogP contribution in [0, 0.1) is 17.8 Å². The number of rotatable bonds is 93. The van der Waals surface area contributed by atoms with E-state index in [-0.39, 0.29) is 25.7 Å². The third-order valence-corrected chi connectivity index (χ3v) is 24.6. The van der Waals surface area contributed by atoms with E-state index in [1.54, 1.807) is 0 Å². The molecule has 0 saturated heterocycles. The zero-order valence-electron chi connectivity index (χ0n) is 75.6. The summed E-state index contributed by atoms with van der Waals surface area (Å²) >= 11 is 0. The van der Waals surface area contributed by atoms with Crippen molar-refractivity contribution in [1.29, 1.82) is 0 Å². The Morgan fingerprint density at radius 1 is 0.254 bits per heavy atom. The third kappa shape index (κ3) is 86.4. The van der Waals surface area contributed by atoms with Crippen molar-refractivity contribution < 1.29 is 80.2 Å². The predicted molar refractivity (Wildman–Crippen MR) is 474 cm³/mol. The molecule has 0 saturated carbocycles. The molecule has 0 spiro atoms. The molecule has 0 bridgehead atoms. The number of hydrogen-bond donors (Lipinski definition) is 3. The molecule has 0 heterocycles. The molecule has 0 aliphatic heterocycles. The first-order valence-electron chi connectivity index (χ1n) is 48.9. The van der Waals surface area contributed by atoms with Crippen molar-refractivity contribution in [2.24, 2.45) is 17.8 Å². The van der Waals surface area contributed by atoms with Crippen molar-refractivity contribution in [2.75, 3.05) is 39.6 Å². The van der Waals surface area contributed by atoms with E-state index in [4.69, 9.17) is 37.0 Å². The van der Waals surface area contributed by atoms with Crippen molar-refractivity contribution in [1.82, 2.24) is 0 Å². The van der Waals surface area contributed by atoms with Crippen molar-refractivity contribution in [3.63, 3.8) is 0 Å². The van der Waals surface area contributed by atoms with Gasteiger partial charge in [-0.1, -0.05) is 459 Å². The van der Waals surface area contributed by atoms with Crippen LogP contribution in [0.3, 0.4) is 0 Å². The number of aliphatic hydroxyl groups excluding tert-OH is 1. The highest BCUT2D eigenvalue weighted by Gasteiger charge is 2.31. The molecule has 0 aromatic carbocycles. The van der Waals surface area contributed by atoms with Gasteiger partial charge in [-0.25, -0.2) is 9.13 Å². The summed E-state index contributed by atoms with van der Waals surface area (Å²) in [6.45, 7) is 12.1.